The Morgan fingerprint density at radius 1 is 1.57 bits per heavy atom. The third-order valence-electron chi connectivity index (χ3n) is 1.82. The molecule has 1 aromatic carbocycles. The minimum absolute atomic E-state index is 0.0364. The Balaban J connectivity index is 2.55. The Bertz CT molecular complexity index is 325. The van der Waals surface area contributed by atoms with E-state index >= 15 is 0 Å². The van der Waals surface area contributed by atoms with Crippen molar-refractivity contribution >= 4 is 17.2 Å². The van der Waals surface area contributed by atoms with Crippen LogP contribution >= 0.6 is 12.2 Å². The highest BCUT2D eigenvalue weighted by atomic mass is 32.1. The summed E-state index contributed by atoms with van der Waals surface area (Å²) in [6, 6.07) is 7.93. The first kappa shape index (κ1) is 11.0. The van der Waals surface area contributed by atoms with E-state index in [2.05, 4.69) is 0 Å². The lowest BCUT2D eigenvalue weighted by Gasteiger charge is -2.13. The first-order valence-electron chi connectivity index (χ1n) is 4.59. The van der Waals surface area contributed by atoms with Crippen molar-refractivity contribution in [3.8, 4) is 5.75 Å². The maximum atomic E-state index is 5.64. The standard InChI is InChI=1S/C11H15NOS/c1-8-4-3-5-10(6-8)13-9(2)7-11(12)14/h3-6,9H,7H2,1-2H3,(H2,12,14). The average Bonchev–Trinajstić information content (AvgIpc) is 2.01. The van der Waals surface area contributed by atoms with E-state index in [1.165, 1.54) is 5.56 Å². The molecule has 0 aromatic heterocycles. The third-order valence-corrected chi connectivity index (χ3v) is 1.98. The normalized spacial score (nSPS) is 12.1. The van der Waals surface area contributed by atoms with Crippen LogP contribution < -0.4 is 10.5 Å². The largest absolute Gasteiger partial charge is 0.490 e. The first-order valence-corrected chi connectivity index (χ1v) is 5.00. The fourth-order valence-corrected chi connectivity index (χ4v) is 1.48. The molecule has 0 aliphatic carbocycles. The monoisotopic (exact) mass is 209 g/mol. The van der Waals surface area contributed by atoms with Gasteiger partial charge in [-0.3, -0.25) is 0 Å². The van der Waals surface area contributed by atoms with Crippen LogP contribution in [0.4, 0.5) is 0 Å². The smallest absolute Gasteiger partial charge is 0.119 e. The summed E-state index contributed by atoms with van der Waals surface area (Å²) in [5, 5.41) is 0. The van der Waals surface area contributed by atoms with Gasteiger partial charge in [-0.05, 0) is 31.5 Å². The summed E-state index contributed by atoms with van der Waals surface area (Å²) in [7, 11) is 0. The summed E-state index contributed by atoms with van der Waals surface area (Å²) in [5.41, 5.74) is 6.61. The third kappa shape index (κ3) is 3.75. The van der Waals surface area contributed by atoms with Gasteiger partial charge in [-0.2, -0.15) is 0 Å². The van der Waals surface area contributed by atoms with Crippen molar-refractivity contribution in [3.05, 3.63) is 29.8 Å². The van der Waals surface area contributed by atoms with Crippen LogP contribution in [-0.2, 0) is 0 Å². The van der Waals surface area contributed by atoms with Crippen molar-refractivity contribution in [1.82, 2.24) is 0 Å². The van der Waals surface area contributed by atoms with Crippen LogP contribution in [0.25, 0.3) is 0 Å². The number of nitrogens with two attached hydrogens (primary N) is 1. The summed E-state index contributed by atoms with van der Waals surface area (Å²) < 4.78 is 5.64. The minimum atomic E-state index is 0.0364. The van der Waals surface area contributed by atoms with Crippen LogP contribution in [0.2, 0.25) is 0 Å². The molecule has 2 N–H and O–H groups in total. The van der Waals surface area contributed by atoms with E-state index in [0.29, 0.717) is 11.4 Å². The molecule has 0 aliphatic heterocycles. The van der Waals surface area contributed by atoms with Crippen molar-refractivity contribution in [1.29, 1.82) is 0 Å². The Labute approximate surface area is 90.1 Å². The van der Waals surface area contributed by atoms with Gasteiger partial charge in [0.25, 0.3) is 0 Å². The number of hydrogen-bond acceptors (Lipinski definition) is 2. The molecular formula is C11H15NOS. The molecule has 0 amide bonds. The summed E-state index contributed by atoms with van der Waals surface area (Å²) in [5.74, 6) is 0.869. The number of benzene rings is 1. The second-order valence-electron chi connectivity index (χ2n) is 3.42. The van der Waals surface area contributed by atoms with Gasteiger partial charge in [0.15, 0.2) is 0 Å². The van der Waals surface area contributed by atoms with Crippen LogP contribution in [0.15, 0.2) is 24.3 Å². The molecule has 0 saturated heterocycles. The molecule has 76 valence electrons. The minimum Gasteiger partial charge on any atom is -0.490 e. The van der Waals surface area contributed by atoms with Crippen LogP contribution in [0.3, 0.4) is 0 Å². The van der Waals surface area contributed by atoms with Gasteiger partial charge in [-0.25, -0.2) is 0 Å². The van der Waals surface area contributed by atoms with E-state index < -0.39 is 0 Å². The van der Waals surface area contributed by atoms with Crippen molar-refractivity contribution < 1.29 is 4.74 Å². The molecule has 0 saturated carbocycles. The quantitative estimate of drug-likeness (QED) is 0.774. The second kappa shape index (κ2) is 4.96. The molecule has 1 unspecified atom stereocenters. The molecule has 1 aromatic rings. The Morgan fingerprint density at radius 3 is 2.86 bits per heavy atom. The molecule has 0 spiro atoms. The molecule has 0 aliphatic rings. The van der Waals surface area contributed by atoms with Gasteiger partial charge < -0.3 is 10.5 Å². The zero-order valence-corrected chi connectivity index (χ0v) is 9.30. The highest BCUT2D eigenvalue weighted by molar-refractivity contribution is 7.80. The van der Waals surface area contributed by atoms with Gasteiger partial charge >= 0.3 is 0 Å². The zero-order valence-electron chi connectivity index (χ0n) is 8.49. The van der Waals surface area contributed by atoms with E-state index in [4.69, 9.17) is 22.7 Å². The lowest BCUT2D eigenvalue weighted by molar-refractivity contribution is 0.230. The molecule has 3 heteroatoms. The first-order chi connectivity index (χ1) is 6.58. The zero-order chi connectivity index (χ0) is 10.6. The van der Waals surface area contributed by atoms with Crippen LogP contribution in [0.5, 0.6) is 5.75 Å². The summed E-state index contributed by atoms with van der Waals surface area (Å²) in [6.45, 7) is 3.99. The fourth-order valence-electron chi connectivity index (χ4n) is 1.25. The van der Waals surface area contributed by atoms with E-state index in [1.54, 1.807) is 0 Å². The number of rotatable bonds is 4. The van der Waals surface area contributed by atoms with Gasteiger partial charge in [-0.15, -0.1) is 0 Å². The predicted molar refractivity (Wildman–Crippen MR) is 62.7 cm³/mol. The van der Waals surface area contributed by atoms with Crippen molar-refractivity contribution in [3.63, 3.8) is 0 Å². The Morgan fingerprint density at radius 2 is 2.29 bits per heavy atom. The number of hydrogen-bond donors (Lipinski definition) is 1. The van der Waals surface area contributed by atoms with Crippen LogP contribution in [0, 0.1) is 6.92 Å². The van der Waals surface area contributed by atoms with Gasteiger partial charge in [0, 0.05) is 6.42 Å². The van der Waals surface area contributed by atoms with Crippen LogP contribution in [0.1, 0.15) is 18.9 Å². The molecule has 0 radical (unpaired) electrons. The molecule has 1 atom stereocenters. The lowest BCUT2D eigenvalue weighted by atomic mass is 10.2. The molecule has 2 nitrogen and oxygen atoms in total. The molecule has 14 heavy (non-hydrogen) atoms. The highest BCUT2D eigenvalue weighted by Gasteiger charge is 2.04. The molecule has 1 rings (SSSR count). The van der Waals surface area contributed by atoms with Gasteiger partial charge in [-0.1, -0.05) is 24.4 Å². The predicted octanol–water partition coefficient (Wildman–Crippen LogP) is 2.44. The molecule has 0 fully saturated rings. The van der Waals surface area contributed by atoms with E-state index in [9.17, 15) is 0 Å². The van der Waals surface area contributed by atoms with Gasteiger partial charge in [0.05, 0.1) is 4.99 Å². The maximum absolute atomic E-state index is 5.64. The van der Waals surface area contributed by atoms with E-state index in [0.717, 1.165) is 5.75 Å². The van der Waals surface area contributed by atoms with E-state index in [-0.39, 0.29) is 6.10 Å². The van der Waals surface area contributed by atoms with Crippen molar-refractivity contribution in [2.24, 2.45) is 5.73 Å². The van der Waals surface area contributed by atoms with Crippen molar-refractivity contribution in [2.45, 2.75) is 26.4 Å². The summed E-state index contributed by atoms with van der Waals surface area (Å²) in [4.78, 5) is 0.491. The summed E-state index contributed by atoms with van der Waals surface area (Å²) >= 11 is 4.81. The molecule has 0 heterocycles. The van der Waals surface area contributed by atoms with E-state index in [1.807, 2.05) is 38.1 Å². The lowest BCUT2D eigenvalue weighted by Crippen LogP contribution is -2.20. The van der Waals surface area contributed by atoms with Crippen LogP contribution in [-0.4, -0.2) is 11.1 Å². The van der Waals surface area contributed by atoms with Crippen molar-refractivity contribution in [2.75, 3.05) is 0 Å². The van der Waals surface area contributed by atoms with Gasteiger partial charge in [0.1, 0.15) is 11.9 Å². The Hall–Kier alpha value is -1.09. The number of ether oxygens (including phenoxy) is 1. The maximum Gasteiger partial charge on any atom is 0.119 e. The molecular weight excluding hydrogens is 194 g/mol. The number of aryl methyl sites for hydroxylation is 1. The number of thiocarbonyl (C=S) groups is 1. The average molecular weight is 209 g/mol. The summed E-state index contributed by atoms with van der Waals surface area (Å²) in [6.07, 6.45) is 0.651. The highest BCUT2D eigenvalue weighted by Crippen LogP contribution is 2.15. The fraction of sp³-hybridized carbons (Fsp3) is 0.364. The topological polar surface area (TPSA) is 35.2 Å². The second-order valence-corrected chi connectivity index (χ2v) is 3.94. The van der Waals surface area contributed by atoms with Gasteiger partial charge in [0.2, 0.25) is 0 Å². The SMILES string of the molecule is Cc1cccc(OC(C)CC(N)=S)c1. The molecule has 0 bridgehead atoms. The Kier molecular flexibility index (Phi) is 3.89.